The Morgan fingerprint density at radius 1 is 1.27 bits per heavy atom. The van der Waals surface area contributed by atoms with Gasteiger partial charge in [-0.15, -0.1) is 0 Å². The number of nitrogens with one attached hydrogen (secondary N) is 1. The molecule has 1 aromatic heterocycles. The summed E-state index contributed by atoms with van der Waals surface area (Å²) in [5.41, 5.74) is 0.521. The monoisotopic (exact) mass is 323 g/mol. The molecule has 0 saturated heterocycles. The Balaban J connectivity index is 1.94. The van der Waals surface area contributed by atoms with Crippen LogP contribution >= 0.6 is 0 Å². The average molecular weight is 323 g/mol. The van der Waals surface area contributed by atoms with Crippen molar-refractivity contribution in [3.05, 3.63) is 59.5 Å². The lowest BCUT2D eigenvalue weighted by Crippen LogP contribution is -2.42. The Labute approximate surface area is 131 Å². The lowest BCUT2D eigenvalue weighted by Gasteiger charge is -2.22. The van der Waals surface area contributed by atoms with Crippen molar-refractivity contribution in [3.8, 4) is 0 Å². The maximum atomic E-state index is 12.1. The molecule has 1 unspecified atom stereocenters. The number of aryl methyl sites for hydroxylation is 1. The number of benzene rings is 1. The molecule has 0 amide bonds. The molecule has 2 rings (SSSR count). The summed E-state index contributed by atoms with van der Waals surface area (Å²) in [6.45, 7) is 3.42. The average Bonchev–Trinajstić information content (AvgIpc) is 2.88. The van der Waals surface area contributed by atoms with Crippen molar-refractivity contribution >= 4 is 10.0 Å². The van der Waals surface area contributed by atoms with Crippen LogP contribution in [0.15, 0.2) is 47.1 Å². The van der Waals surface area contributed by atoms with Crippen molar-refractivity contribution in [1.82, 2.24) is 4.72 Å². The van der Waals surface area contributed by atoms with Crippen molar-refractivity contribution in [2.75, 3.05) is 6.54 Å². The van der Waals surface area contributed by atoms with Gasteiger partial charge in [-0.25, -0.2) is 13.1 Å². The highest BCUT2D eigenvalue weighted by molar-refractivity contribution is 7.88. The second-order valence-corrected chi connectivity index (χ2v) is 7.63. The van der Waals surface area contributed by atoms with Gasteiger partial charge in [-0.1, -0.05) is 29.8 Å². The van der Waals surface area contributed by atoms with Crippen LogP contribution in [0.2, 0.25) is 0 Å². The first-order valence-corrected chi connectivity index (χ1v) is 8.69. The van der Waals surface area contributed by atoms with Crippen LogP contribution in [0, 0.1) is 6.92 Å². The van der Waals surface area contributed by atoms with E-state index in [1.165, 1.54) is 6.26 Å². The van der Waals surface area contributed by atoms with E-state index in [2.05, 4.69) is 4.72 Å². The number of sulfonamides is 1. The first-order chi connectivity index (χ1) is 10.3. The molecule has 120 valence electrons. The topological polar surface area (TPSA) is 79.5 Å². The summed E-state index contributed by atoms with van der Waals surface area (Å²) >= 11 is 0. The summed E-state index contributed by atoms with van der Waals surface area (Å²) in [6, 6.07) is 10.8. The van der Waals surface area contributed by atoms with Gasteiger partial charge in [-0.05, 0) is 31.5 Å². The second-order valence-electron chi connectivity index (χ2n) is 5.82. The Bertz CT molecular complexity index is 706. The van der Waals surface area contributed by atoms with Gasteiger partial charge in [0.25, 0.3) is 0 Å². The summed E-state index contributed by atoms with van der Waals surface area (Å²) < 4.78 is 31.9. The Kier molecular flexibility index (Phi) is 5.05. The number of furan rings is 1. The van der Waals surface area contributed by atoms with Crippen LogP contribution in [0.5, 0.6) is 0 Å². The molecule has 0 saturated carbocycles. The first-order valence-electron chi connectivity index (χ1n) is 7.03. The highest BCUT2D eigenvalue weighted by Gasteiger charge is 2.25. The van der Waals surface area contributed by atoms with E-state index < -0.39 is 15.6 Å². The summed E-state index contributed by atoms with van der Waals surface area (Å²) in [4.78, 5) is 0. The summed E-state index contributed by atoms with van der Waals surface area (Å²) in [5.74, 6) is 0.508. The zero-order chi connectivity index (χ0) is 16.2. The molecule has 0 aliphatic heterocycles. The minimum atomic E-state index is -3.50. The van der Waals surface area contributed by atoms with Crippen LogP contribution in [-0.2, 0) is 22.2 Å². The summed E-state index contributed by atoms with van der Waals surface area (Å²) in [5, 5.41) is 10.3. The molecular weight excluding hydrogens is 302 g/mol. The third kappa shape index (κ3) is 5.29. The SMILES string of the molecule is Cc1cccc(CS(=O)(=O)NCC(C)(O)Cc2ccco2)c1. The highest BCUT2D eigenvalue weighted by atomic mass is 32.2. The maximum absolute atomic E-state index is 12.1. The highest BCUT2D eigenvalue weighted by Crippen LogP contribution is 2.14. The van der Waals surface area contributed by atoms with Crippen molar-refractivity contribution in [2.24, 2.45) is 0 Å². The van der Waals surface area contributed by atoms with Gasteiger partial charge in [-0.2, -0.15) is 0 Å². The molecule has 1 heterocycles. The zero-order valence-corrected chi connectivity index (χ0v) is 13.6. The Morgan fingerprint density at radius 2 is 2.05 bits per heavy atom. The van der Waals surface area contributed by atoms with E-state index in [0.29, 0.717) is 5.76 Å². The van der Waals surface area contributed by atoms with E-state index in [1.807, 2.05) is 25.1 Å². The number of aliphatic hydroxyl groups is 1. The lowest BCUT2D eigenvalue weighted by molar-refractivity contribution is 0.0603. The number of hydrogen-bond donors (Lipinski definition) is 2. The third-order valence-electron chi connectivity index (χ3n) is 3.25. The number of rotatable bonds is 7. The second kappa shape index (κ2) is 6.64. The molecule has 0 radical (unpaired) electrons. The largest absolute Gasteiger partial charge is 0.469 e. The normalized spacial score (nSPS) is 14.7. The quantitative estimate of drug-likeness (QED) is 0.817. The van der Waals surface area contributed by atoms with Crippen molar-refractivity contribution in [1.29, 1.82) is 0 Å². The Hall–Kier alpha value is -1.63. The predicted molar refractivity (Wildman–Crippen MR) is 84.8 cm³/mol. The molecule has 2 N–H and O–H groups in total. The van der Waals surface area contributed by atoms with Gasteiger partial charge in [0, 0.05) is 13.0 Å². The molecule has 0 bridgehead atoms. The molecule has 5 nitrogen and oxygen atoms in total. The Morgan fingerprint density at radius 3 is 2.68 bits per heavy atom. The molecule has 2 aromatic rings. The molecule has 1 atom stereocenters. The molecule has 0 aliphatic carbocycles. The van der Waals surface area contributed by atoms with Crippen LogP contribution < -0.4 is 4.72 Å². The number of hydrogen-bond acceptors (Lipinski definition) is 4. The van der Waals surface area contributed by atoms with E-state index in [1.54, 1.807) is 25.1 Å². The fourth-order valence-corrected chi connectivity index (χ4v) is 3.44. The minimum Gasteiger partial charge on any atom is -0.469 e. The van der Waals surface area contributed by atoms with E-state index in [9.17, 15) is 13.5 Å². The van der Waals surface area contributed by atoms with Crippen LogP contribution in [0.3, 0.4) is 0 Å². The summed E-state index contributed by atoms with van der Waals surface area (Å²) in [7, 11) is -3.50. The van der Waals surface area contributed by atoms with Crippen LogP contribution in [0.25, 0.3) is 0 Å². The molecule has 0 aliphatic rings. The lowest BCUT2D eigenvalue weighted by atomic mass is 10.0. The van der Waals surface area contributed by atoms with Crippen molar-refractivity contribution in [3.63, 3.8) is 0 Å². The van der Waals surface area contributed by atoms with E-state index in [4.69, 9.17) is 4.42 Å². The summed E-state index contributed by atoms with van der Waals surface area (Å²) in [6.07, 6.45) is 1.76. The minimum absolute atomic E-state index is 0.0676. The van der Waals surface area contributed by atoms with Gasteiger partial charge >= 0.3 is 0 Å². The molecule has 0 fully saturated rings. The van der Waals surface area contributed by atoms with Crippen molar-refractivity contribution < 1.29 is 17.9 Å². The van der Waals surface area contributed by atoms with Crippen LogP contribution in [0.4, 0.5) is 0 Å². The third-order valence-corrected chi connectivity index (χ3v) is 4.54. The van der Waals surface area contributed by atoms with Gasteiger partial charge in [0.05, 0.1) is 17.6 Å². The van der Waals surface area contributed by atoms with Gasteiger partial charge in [0.1, 0.15) is 5.76 Å². The molecule has 1 aromatic carbocycles. The maximum Gasteiger partial charge on any atom is 0.215 e. The molecular formula is C16H21NO4S. The molecule has 6 heteroatoms. The van der Waals surface area contributed by atoms with Gasteiger partial charge < -0.3 is 9.52 Å². The van der Waals surface area contributed by atoms with Crippen LogP contribution in [-0.4, -0.2) is 25.7 Å². The van der Waals surface area contributed by atoms with Crippen molar-refractivity contribution in [2.45, 2.75) is 31.6 Å². The molecule has 0 spiro atoms. The van der Waals surface area contributed by atoms with E-state index in [0.717, 1.165) is 11.1 Å². The van der Waals surface area contributed by atoms with Crippen LogP contribution in [0.1, 0.15) is 23.8 Å². The standard InChI is InChI=1S/C16H21NO4S/c1-13-5-3-6-14(9-13)11-22(19,20)17-12-16(2,18)10-15-7-4-8-21-15/h3-9,17-18H,10-12H2,1-2H3. The first kappa shape index (κ1) is 16.7. The predicted octanol–water partition coefficient (Wildman–Crippen LogP) is 2.00. The smallest absolute Gasteiger partial charge is 0.215 e. The fourth-order valence-electron chi connectivity index (χ4n) is 2.19. The van der Waals surface area contributed by atoms with E-state index >= 15 is 0 Å². The zero-order valence-electron chi connectivity index (χ0n) is 12.7. The van der Waals surface area contributed by atoms with Gasteiger partial charge in [0.2, 0.25) is 10.0 Å². The molecule has 22 heavy (non-hydrogen) atoms. The van der Waals surface area contributed by atoms with E-state index in [-0.39, 0.29) is 18.7 Å². The van der Waals surface area contributed by atoms with Gasteiger partial charge in [0.15, 0.2) is 0 Å². The van der Waals surface area contributed by atoms with Gasteiger partial charge in [-0.3, -0.25) is 0 Å². The fraction of sp³-hybridized carbons (Fsp3) is 0.375.